The van der Waals surface area contributed by atoms with Gasteiger partial charge in [-0.25, -0.2) is 8.78 Å². The van der Waals surface area contributed by atoms with E-state index in [-0.39, 0.29) is 11.3 Å². The predicted octanol–water partition coefficient (Wildman–Crippen LogP) is 1.61. The Morgan fingerprint density at radius 3 is 2.56 bits per heavy atom. The summed E-state index contributed by atoms with van der Waals surface area (Å²) >= 11 is 0. The maximum absolute atomic E-state index is 12.5. The smallest absolute Gasteiger partial charge is 0.269 e. The van der Waals surface area contributed by atoms with Gasteiger partial charge in [0, 0.05) is 24.2 Å². The van der Waals surface area contributed by atoms with Crippen LogP contribution in [0.5, 0.6) is 5.75 Å². The minimum absolute atomic E-state index is 0.202. The number of nitrogens with two attached hydrogens (primary N) is 1. The van der Waals surface area contributed by atoms with E-state index < -0.39 is 29.6 Å². The molecular weight excluding hydrogens is 222 g/mol. The van der Waals surface area contributed by atoms with Crippen LogP contribution in [0.4, 0.5) is 14.5 Å². The molecule has 1 aromatic carbocycles. The molecule has 7 heteroatoms. The number of halogens is 2. The number of hydrogen-bond donors (Lipinski definition) is 2. The van der Waals surface area contributed by atoms with Crippen molar-refractivity contribution in [3.05, 3.63) is 33.9 Å². The number of nitro groups is 1. The molecule has 1 rings (SSSR count). The highest BCUT2D eigenvalue weighted by molar-refractivity contribution is 5.45. The number of phenols is 1. The number of phenolic OH excluding ortho intramolecular Hbond substituents is 1. The zero-order valence-electron chi connectivity index (χ0n) is 8.14. The standard InChI is InChI=1S/C9H10F2N2O3/c10-9(11)7(4-12)6-3-5(13(15)16)1-2-8(6)14/h1-3,7,9,14H,4,12H2. The summed E-state index contributed by atoms with van der Waals surface area (Å²) in [6.45, 7) is -0.396. The molecule has 0 spiro atoms. The summed E-state index contributed by atoms with van der Waals surface area (Å²) in [5.74, 6) is -1.82. The van der Waals surface area contributed by atoms with Crippen LogP contribution in [0.1, 0.15) is 11.5 Å². The lowest BCUT2D eigenvalue weighted by Crippen LogP contribution is -2.19. The van der Waals surface area contributed by atoms with Gasteiger partial charge in [0.15, 0.2) is 0 Å². The average Bonchev–Trinajstić information content (AvgIpc) is 2.20. The zero-order valence-corrected chi connectivity index (χ0v) is 8.14. The third kappa shape index (κ3) is 2.43. The molecule has 1 unspecified atom stereocenters. The minimum atomic E-state index is -2.78. The third-order valence-corrected chi connectivity index (χ3v) is 2.18. The number of nitro benzene ring substituents is 1. The summed E-state index contributed by atoms with van der Waals surface area (Å²) in [6.07, 6.45) is -2.78. The van der Waals surface area contributed by atoms with E-state index in [1.54, 1.807) is 0 Å². The first-order chi connectivity index (χ1) is 7.47. The largest absolute Gasteiger partial charge is 0.508 e. The van der Waals surface area contributed by atoms with Crippen molar-refractivity contribution in [2.75, 3.05) is 6.54 Å². The molecule has 1 atom stereocenters. The Kier molecular flexibility index (Phi) is 3.73. The molecule has 0 saturated heterocycles. The molecule has 0 fully saturated rings. The highest BCUT2D eigenvalue weighted by Crippen LogP contribution is 2.32. The van der Waals surface area contributed by atoms with Gasteiger partial charge >= 0.3 is 0 Å². The van der Waals surface area contributed by atoms with Gasteiger partial charge in [-0.05, 0) is 6.07 Å². The van der Waals surface area contributed by atoms with E-state index in [9.17, 15) is 24.0 Å². The molecule has 0 bridgehead atoms. The van der Waals surface area contributed by atoms with Crippen LogP contribution < -0.4 is 5.73 Å². The van der Waals surface area contributed by atoms with Gasteiger partial charge in [-0.15, -0.1) is 0 Å². The SMILES string of the molecule is NCC(c1cc([N+](=O)[O-])ccc1O)C(F)F. The Morgan fingerprint density at radius 1 is 1.50 bits per heavy atom. The molecule has 3 N–H and O–H groups in total. The maximum Gasteiger partial charge on any atom is 0.269 e. The van der Waals surface area contributed by atoms with Crippen molar-refractivity contribution >= 4 is 5.69 Å². The van der Waals surface area contributed by atoms with Gasteiger partial charge in [0.05, 0.1) is 10.8 Å². The van der Waals surface area contributed by atoms with Gasteiger partial charge in [-0.2, -0.15) is 0 Å². The highest BCUT2D eigenvalue weighted by Gasteiger charge is 2.25. The van der Waals surface area contributed by atoms with Crippen molar-refractivity contribution in [1.29, 1.82) is 0 Å². The van der Waals surface area contributed by atoms with Crippen LogP contribution >= 0.6 is 0 Å². The minimum Gasteiger partial charge on any atom is -0.508 e. The molecule has 0 saturated carbocycles. The molecular formula is C9H10F2N2O3. The van der Waals surface area contributed by atoms with Gasteiger partial charge in [-0.1, -0.05) is 0 Å². The Morgan fingerprint density at radius 2 is 2.12 bits per heavy atom. The van der Waals surface area contributed by atoms with Crippen LogP contribution in [-0.2, 0) is 0 Å². The second kappa shape index (κ2) is 4.84. The summed E-state index contributed by atoms with van der Waals surface area (Å²) in [4.78, 5) is 9.73. The Labute approximate surface area is 89.6 Å². The van der Waals surface area contributed by atoms with Gasteiger partial charge in [0.25, 0.3) is 5.69 Å². The lowest BCUT2D eigenvalue weighted by Gasteiger charge is -2.14. The van der Waals surface area contributed by atoms with Crippen molar-refractivity contribution in [1.82, 2.24) is 0 Å². The molecule has 0 aliphatic rings. The second-order valence-corrected chi connectivity index (χ2v) is 3.18. The topological polar surface area (TPSA) is 89.4 Å². The monoisotopic (exact) mass is 232 g/mol. The summed E-state index contributed by atoms with van der Waals surface area (Å²) < 4.78 is 25.1. The van der Waals surface area contributed by atoms with E-state index in [1.165, 1.54) is 0 Å². The number of rotatable bonds is 4. The van der Waals surface area contributed by atoms with Crippen LogP contribution in [0.2, 0.25) is 0 Å². The van der Waals surface area contributed by atoms with E-state index in [2.05, 4.69) is 0 Å². The second-order valence-electron chi connectivity index (χ2n) is 3.18. The van der Waals surface area contributed by atoms with Crippen molar-refractivity contribution in [3.8, 4) is 5.75 Å². The number of non-ortho nitro benzene ring substituents is 1. The summed E-state index contributed by atoms with van der Waals surface area (Å²) in [7, 11) is 0. The molecule has 1 aromatic rings. The highest BCUT2D eigenvalue weighted by atomic mass is 19.3. The van der Waals surface area contributed by atoms with E-state index in [4.69, 9.17) is 5.73 Å². The first kappa shape index (κ1) is 12.3. The molecule has 0 heterocycles. The molecule has 0 amide bonds. The van der Waals surface area contributed by atoms with Gasteiger partial charge in [0.2, 0.25) is 6.43 Å². The number of benzene rings is 1. The van der Waals surface area contributed by atoms with Crippen LogP contribution in [0.25, 0.3) is 0 Å². The van der Waals surface area contributed by atoms with Crippen molar-refractivity contribution in [3.63, 3.8) is 0 Å². The van der Waals surface area contributed by atoms with Crippen LogP contribution in [-0.4, -0.2) is 23.0 Å². The van der Waals surface area contributed by atoms with Crippen molar-refractivity contribution < 1.29 is 18.8 Å². The predicted molar refractivity (Wildman–Crippen MR) is 52.6 cm³/mol. The molecule has 0 radical (unpaired) electrons. The zero-order chi connectivity index (χ0) is 12.3. The van der Waals surface area contributed by atoms with Crippen LogP contribution in [0, 0.1) is 10.1 Å². The lowest BCUT2D eigenvalue weighted by molar-refractivity contribution is -0.385. The van der Waals surface area contributed by atoms with Crippen molar-refractivity contribution in [2.45, 2.75) is 12.3 Å². The normalized spacial score (nSPS) is 12.8. The van der Waals surface area contributed by atoms with E-state index in [0.29, 0.717) is 0 Å². The molecule has 0 aliphatic heterocycles. The summed E-state index contributed by atoms with van der Waals surface area (Å²) in [5.41, 5.74) is 4.58. The first-order valence-electron chi connectivity index (χ1n) is 4.43. The quantitative estimate of drug-likeness (QED) is 0.609. The maximum atomic E-state index is 12.5. The van der Waals surface area contributed by atoms with E-state index in [1.807, 2.05) is 0 Å². The Hall–Kier alpha value is -1.76. The molecule has 0 aliphatic carbocycles. The Balaban J connectivity index is 3.19. The van der Waals surface area contributed by atoms with E-state index in [0.717, 1.165) is 18.2 Å². The van der Waals surface area contributed by atoms with Crippen LogP contribution in [0.3, 0.4) is 0 Å². The van der Waals surface area contributed by atoms with E-state index >= 15 is 0 Å². The van der Waals surface area contributed by atoms with Gasteiger partial charge < -0.3 is 10.8 Å². The molecule has 5 nitrogen and oxygen atoms in total. The summed E-state index contributed by atoms with van der Waals surface area (Å²) in [5, 5.41) is 19.8. The van der Waals surface area contributed by atoms with Gasteiger partial charge in [0.1, 0.15) is 5.75 Å². The molecule has 0 aromatic heterocycles. The first-order valence-corrected chi connectivity index (χ1v) is 4.43. The number of nitrogens with zero attached hydrogens (tertiary/aromatic N) is 1. The van der Waals surface area contributed by atoms with Gasteiger partial charge in [-0.3, -0.25) is 10.1 Å². The fourth-order valence-corrected chi connectivity index (χ4v) is 1.32. The average molecular weight is 232 g/mol. The molecule has 16 heavy (non-hydrogen) atoms. The number of alkyl halides is 2. The lowest BCUT2D eigenvalue weighted by atomic mass is 9.98. The fourth-order valence-electron chi connectivity index (χ4n) is 1.32. The van der Waals surface area contributed by atoms with Crippen molar-refractivity contribution in [2.24, 2.45) is 5.73 Å². The molecule has 88 valence electrons. The summed E-state index contributed by atoms with van der Waals surface area (Å²) in [6, 6.07) is 2.97. The number of hydrogen-bond acceptors (Lipinski definition) is 4. The van der Waals surface area contributed by atoms with Crippen LogP contribution in [0.15, 0.2) is 18.2 Å². The fraction of sp³-hybridized carbons (Fsp3) is 0.333. The Bertz CT molecular complexity index is 398. The third-order valence-electron chi connectivity index (χ3n) is 2.18. The number of aromatic hydroxyl groups is 1.